The molecule has 0 aromatic carbocycles. The Bertz CT molecular complexity index is 530. The average Bonchev–Trinajstić information content (AvgIpc) is 2.28. The van der Waals surface area contributed by atoms with Crippen LogP contribution in [0.4, 0.5) is 5.82 Å². The first-order valence-corrected chi connectivity index (χ1v) is 6.86. The van der Waals surface area contributed by atoms with Crippen LogP contribution in [0, 0.1) is 0 Å². The molecule has 0 saturated carbocycles. The van der Waals surface area contributed by atoms with Crippen LogP contribution in [0.1, 0.15) is 13.8 Å². The van der Waals surface area contributed by atoms with Crippen molar-refractivity contribution >= 4 is 21.7 Å². The molecule has 0 aliphatic rings. The van der Waals surface area contributed by atoms with E-state index in [-0.39, 0.29) is 16.6 Å². The Labute approximate surface area is 106 Å². The van der Waals surface area contributed by atoms with E-state index in [9.17, 15) is 13.2 Å². The van der Waals surface area contributed by atoms with Crippen molar-refractivity contribution in [3.63, 3.8) is 0 Å². The number of carbonyl (C=O) groups excluding carboxylic acids is 1. The molecule has 1 aromatic rings. The van der Waals surface area contributed by atoms with E-state index in [1.165, 1.54) is 25.3 Å². The lowest BCUT2D eigenvalue weighted by Gasteiger charge is -2.13. The van der Waals surface area contributed by atoms with Crippen LogP contribution in [-0.2, 0) is 14.8 Å². The Kier molecular flexibility index (Phi) is 4.62. The number of nitrogens with zero attached hydrogens (tertiary/aromatic N) is 1. The van der Waals surface area contributed by atoms with E-state index >= 15 is 0 Å². The first kappa shape index (κ1) is 14.4. The van der Waals surface area contributed by atoms with Crippen LogP contribution in [0.3, 0.4) is 0 Å². The standard InChI is InChI=1S/C10H16N4O3S/c1-3-12-10(15)7(2)14-18(16,17)8-4-5-13-9(11)6-8/h4-7,14H,3H2,1-2H3,(H2,11,13)(H,12,15). The average molecular weight is 272 g/mol. The van der Waals surface area contributed by atoms with E-state index in [0.29, 0.717) is 6.54 Å². The summed E-state index contributed by atoms with van der Waals surface area (Å²) in [5, 5.41) is 2.53. The molecule has 0 aliphatic heterocycles. The van der Waals surface area contributed by atoms with Crippen LogP contribution in [0.25, 0.3) is 0 Å². The third-order valence-corrected chi connectivity index (χ3v) is 3.68. The molecule has 0 spiro atoms. The fraction of sp³-hybridized carbons (Fsp3) is 0.400. The summed E-state index contributed by atoms with van der Waals surface area (Å²) in [5.41, 5.74) is 5.41. The van der Waals surface area contributed by atoms with Gasteiger partial charge in [-0.15, -0.1) is 0 Å². The number of anilines is 1. The van der Waals surface area contributed by atoms with E-state index in [4.69, 9.17) is 5.73 Å². The molecule has 0 saturated heterocycles. The normalized spacial score (nSPS) is 13.0. The maximum Gasteiger partial charge on any atom is 0.241 e. The highest BCUT2D eigenvalue weighted by molar-refractivity contribution is 7.89. The number of pyridine rings is 1. The molecule has 1 rings (SSSR count). The van der Waals surface area contributed by atoms with Gasteiger partial charge < -0.3 is 11.1 Å². The van der Waals surface area contributed by atoms with Crippen molar-refractivity contribution < 1.29 is 13.2 Å². The first-order chi connectivity index (χ1) is 8.36. The molecule has 4 N–H and O–H groups in total. The predicted molar refractivity (Wildman–Crippen MR) is 67.1 cm³/mol. The smallest absolute Gasteiger partial charge is 0.241 e. The van der Waals surface area contributed by atoms with Gasteiger partial charge in [-0.05, 0) is 19.9 Å². The largest absolute Gasteiger partial charge is 0.384 e. The highest BCUT2D eigenvalue weighted by atomic mass is 32.2. The maximum atomic E-state index is 11.9. The molecule has 1 aromatic heterocycles. The van der Waals surface area contributed by atoms with Crippen LogP contribution in [0.2, 0.25) is 0 Å². The molecule has 0 bridgehead atoms. The molecule has 1 unspecified atom stereocenters. The summed E-state index contributed by atoms with van der Waals surface area (Å²) in [7, 11) is -3.78. The number of aromatic nitrogens is 1. The summed E-state index contributed by atoms with van der Waals surface area (Å²) in [6.07, 6.45) is 1.29. The van der Waals surface area contributed by atoms with Crippen molar-refractivity contribution in [2.24, 2.45) is 0 Å². The van der Waals surface area contributed by atoms with Crippen molar-refractivity contribution in [1.82, 2.24) is 15.0 Å². The number of likely N-dealkylation sites (N-methyl/N-ethyl adjacent to an activating group) is 1. The molecular formula is C10H16N4O3S. The van der Waals surface area contributed by atoms with Crippen LogP contribution in [0.15, 0.2) is 23.2 Å². The van der Waals surface area contributed by atoms with E-state index in [0.717, 1.165) is 0 Å². The van der Waals surface area contributed by atoms with E-state index in [1.807, 2.05) is 0 Å². The molecule has 1 amide bonds. The van der Waals surface area contributed by atoms with Gasteiger partial charge in [0.05, 0.1) is 10.9 Å². The van der Waals surface area contributed by atoms with Crippen LogP contribution in [0.5, 0.6) is 0 Å². The molecule has 100 valence electrons. The summed E-state index contributed by atoms with van der Waals surface area (Å²) in [4.78, 5) is 15.1. The molecule has 0 fully saturated rings. The minimum atomic E-state index is -3.78. The molecule has 18 heavy (non-hydrogen) atoms. The number of hydrogen-bond donors (Lipinski definition) is 3. The van der Waals surface area contributed by atoms with Crippen LogP contribution >= 0.6 is 0 Å². The molecule has 0 aliphatic carbocycles. The highest BCUT2D eigenvalue weighted by Crippen LogP contribution is 2.10. The molecular weight excluding hydrogens is 256 g/mol. The lowest BCUT2D eigenvalue weighted by atomic mass is 10.3. The molecule has 1 atom stereocenters. The fourth-order valence-corrected chi connectivity index (χ4v) is 2.50. The number of nitrogens with one attached hydrogen (secondary N) is 2. The van der Waals surface area contributed by atoms with E-state index < -0.39 is 16.1 Å². The van der Waals surface area contributed by atoms with Crippen molar-refractivity contribution in [3.05, 3.63) is 18.3 Å². The highest BCUT2D eigenvalue weighted by Gasteiger charge is 2.21. The third kappa shape index (κ3) is 3.67. The summed E-state index contributed by atoms with van der Waals surface area (Å²) < 4.78 is 26.1. The Hall–Kier alpha value is -1.67. The SMILES string of the molecule is CCNC(=O)C(C)NS(=O)(=O)c1ccnc(N)c1. The Balaban J connectivity index is 2.86. The Morgan fingerprint density at radius 1 is 1.56 bits per heavy atom. The van der Waals surface area contributed by atoms with Crippen LogP contribution in [-0.4, -0.2) is 31.9 Å². The van der Waals surface area contributed by atoms with Crippen LogP contribution < -0.4 is 15.8 Å². The lowest BCUT2D eigenvalue weighted by Crippen LogP contribution is -2.44. The van der Waals surface area contributed by atoms with Gasteiger partial charge in [-0.3, -0.25) is 4.79 Å². The fourth-order valence-electron chi connectivity index (χ4n) is 1.28. The monoisotopic (exact) mass is 272 g/mol. The van der Waals surface area contributed by atoms with Gasteiger partial charge >= 0.3 is 0 Å². The maximum absolute atomic E-state index is 11.9. The number of nitrogen functional groups attached to an aromatic ring is 1. The van der Waals surface area contributed by atoms with Gasteiger partial charge in [0.15, 0.2) is 0 Å². The van der Waals surface area contributed by atoms with Gasteiger partial charge in [0, 0.05) is 18.8 Å². The number of hydrogen-bond acceptors (Lipinski definition) is 5. The second-order valence-corrected chi connectivity index (χ2v) is 5.37. The second kappa shape index (κ2) is 5.78. The summed E-state index contributed by atoms with van der Waals surface area (Å²) in [6.45, 7) is 3.66. The number of rotatable bonds is 5. The van der Waals surface area contributed by atoms with Gasteiger partial charge in [-0.1, -0.05) is 0 Å². The van der Waals surface area contributed by atoms with Crippen molar-refractivity contribution in [3.8, 4) is 0 Å². The van der Waals surface area contributed by atoms with Gasteiger partial charge in [-0.2, -0.15) is 4.72 Å². The third-order valence-electron chi connectivity index (χ3n) is 2.14. The van der Waals surface area contributed by atoms with Gasteiger partial charge in [-0.25, -0.2) is 13.4 Å². The second-order valence-electron chi connectivity index (χ2n) is 3.65. The zero-order chi connectivity index (χ0) is 13.8. The number of amides is 1. The van der Waals surface area contributed by atoms with Crippen molar-refractivity contribution in [2.75, 3.05) is 12.3 Å². The number of carbonyl (C=O) groups is 1. The molecule has 7 nitrogen and oxygen atoms in total. The summed E-state index contributed by atoms with van der Waals surface area (Å²) >= 11 is 0. The van der Waals surface area contributed by atoms with Gasteiger partial charge in [0.1, 0.15) is 5.82 Å². The molecule has 1 heterocycles. The Morgan fingerprint density at radius 3 is 2.78 bits per heavy atom. The quantitative estimate of drug-likeness (QED) is 0.666. The zero-order valence-electron chi connectivity index (χ0n) is 10.2. The van der Waals surface area contributed by atoms with Crippen molar-refractivity contribution in [2.45, 2.75) is 24.8 Å². The number of sulfonamides is 1. The van der Waals surface area contributed by atoms with Crippen molar-refractivity contribution in [1.29, 1.82) is 0 Å². The molecule has 0 radical (unpaired) electrons. The number of nitrogens with two attached hydrogens (primary N) is 1. The zero-order valence-corrected chi connectivity index (χ0v) is 11.0. The minimum absolute atomic E-state index is 0.0221. The van der Waals surface area contributed by atoms with E-state index in [1.54, 1.807) is 6.92 Å². The molecule has 8 heteroatoms. The first-order valence-electron chi connectivity index (χ1n) is 5.38. The predicted octanol–water partition coefficient (Wildman–Crippen LogP) is -0.533. The van der Waals surface area contributed by atoms with E-state index in [2.05, 4.69) is 15.0 Å². The van der Waals surface area contributed by atoms with Gasteiger partial charge in [0.25, 0.3) is 0 Å². The summed E-state index contributed by atoms with van der Waals surface area (Å²) in [6, 6.07) is 1.68. The Morgan fingerprint density at radius 2 is 2.22 bits per heavy atom. The van der Waals surface area contributed by atoms with Gasteiger partial charge in [0.2, 0.25) is 15.9 Å². The lowest BCUT2D eigenvalue weighted by molar-refractivity contribution is -0.122. The minimum Gasteiger partial charge on any atom is -0.384 e. The summed E-state index contributed by atoms with van der Waals surface area (Å²) in [5.74, 6) is -0.286. The topological polar surface area (TPSA) is 114 Å².